The fourth-order valence-electron chi connectivity index (χ4n) is 3.14. The Morgan fingerprint density at radius 1 is 1.19 bits per heavy atom. The molecule has 0 aliphatic carbocycles. The lowest BCUT2D eigenvalue weighted by atomic mass is 10.2. The van der Waals surface area contributed by atoms with E-state index in [0.29, 0.717) is 29.2 Å². The average Bonchev–Trinajstić information content (AvgIpc) is 3.07. The Kier molecular flexibility index (Phi) is 3.90. The molecule has 0 aliphatic rings. The van der Waals surface area contributed by atoms with Crippen molar-refractivity contribution >= 4 is 27.8 Å². The van der Waals surface area contributed by atoms with Gasteiger partial charge in [-0.2, -0.15) is 5.26 Å². The summed E-state index contributed by atoms with van der Waals surface area (Å²) in [5.41, 5.74) is 9.06. The lowest BCUT2D eigenvalue weighted by Crippen LogP contribution is -2.19. The summed E-state index contributed by atoms with van der Waals surface area (Å²) in [4.78, 5) is 8.85. The average molecular weight is 343 g/mol. The van der Waals surface area contributed by atoms with Crippen LogP contribution in [0.15, 0.2) is 54.9 Å². The van der Waals surface area contributed by atoms with Gasteiger partial charge >= 0.3 is 0 Å². The van der Waals surface area contributed by atoms with Crippen molar-refractivity contribution in [2.24, 2.45) is 0 Å². The highest BCUT2D eigenvalue weighted by molar-refractivity contribution is 6.06. The molecular weight excluding hydrogens is 326 g/mol. The molecule has 128 valence electrons. The number of imidazole rings is 1. The van der Waals surface area contributed by atoms with Crippen molar-refractivity contribution in [3.8, 4) is 11.8 Å². The molecule has 26 heavy (non-hydrogen) atoms. The minimum absolute atomic E-state index is 0.157. The highest BCUT2D eigenvalue weighted by Crippen LogP contribution is 2.27. The molecule has 0 saturated carbocycles. The van der Waals surface area contributed by atoms with E-state index in [1.165, 1.54) is 0 Å². The minimum atomic E-state index is -0.157. The van der Waals surface area contributed by atoms with E-state index in [1.54, 1.807) is 18.5 Å². The molecule has 0 amide bonds. The molecule has 2 aromatic carbocycles. The van der Waals surface area contributed by atoms with Crippen LogP contribution in [0.3, 0.4) is 0 Å². The van der Waals surface area contributed by atoms with Crippen LogP contribution in [0.4, 0.5) is 5.82 Å². The lowest BCUT2D eigenvalue weighted by Gasteiger charge is -2.17. The Balaban J connectivity index is 1.70. The molecule has 2 heterocycles. The third-order valence-electron chi connectivity index (χ3n) is 4.27. The van der Waals surface area contributed by atoms with Crippen LogP contribution in [-0.4, -0.2) is 20.6 Å². The quantitative estimate of drug-likeness (QED) is 0.612. The Labute approximate surface area is 150 Å². The molecule has 1 unspecified atom stereocenters. The van der Waals surface area contributed by atoms with Gasteiger partial charge in [0.1, 0.15) is 23.4 Å². The topological polar surface area (TPSA) is 89.8 Å². The number of benzene rings is 2. The fraction of sp³-hybridized carbons (Fsp3) is 0.150. The standard InChI is InChI=1S/C20H17N5O/c1-13(26-17-9-5-2-6-14(17)10-21)11-25-12-23-18-19(25)15-7-3-4-8-16(15)24-20(18)22/h2-9,12-13H,11H2,1H3,(H2,22,24). The number of nitriles is 1. The smallest absolute Gasteiger partial charge is 0.152 e. The predicted octanol–water partition coefficient (Wildman–Crippen LogP) is 3.51. The molecule has 2 aromatic heterocycles. The molecule has 1 atom stereocenters. The van der Waals surface area contributed by atoms with Crippen LogP contribution >= 0.6 is 0 Å². The Bertz CT molecular complexity index is 1140. The van der Waals surface area contributed by atoms with Gasteiger partial charge in [-0.25, -0.2) is 9.97 Å². The number of nitrogen functional groups attached to an aromatic ring is 1. The Morgan fingerprint density at radius 2 is 1.96 bits per heavy atom. The van der Waals surface area contributed by atoms with Crippen LogP contribution in [0.1, 0.15) is 12.5 Å². The van der Waals surface area contributed by atoms with Crippen LogP contribution < -0.4 is 10.5 Å². The number of nitrogens with zero attached hydrogens (tertiary/aromatic N) is 4. The summed E-state index contributed by atoms with van der Waals surface area (Å²) in [6.07, 6.45) is 1.60. The van der Waals surface area contributed by atoms with Crippen LogP contribution in [0.25, 0.3) is 21.9 Å². The van der Waals surface area contributed by atoms with E-state index in [0.717, 1.165) is 16.4 Å². The first-order chi connectivity index (χ1) is 12.7. The van der Waals surface area contributed by atoms with Gasteiger partial charge in [0.2, 0.25) is 0 Å². The Morgan fingerprint density at radius 3 is 2.81 bits per heavy atom. The first-order valence-electron chi connectivity index (χ1n) is 8.32. The maximum atomic E-state index is 9.21. The van der Waals surface area contributed by atoms with Gasteiger partial charge < -0.3 is 15.0 Å². The highest BCUT2D eigenvalue weighted by atomic mass is 16.5. The SMILES string of the molecule is CC(Cn1cnc2c(N)nc3ccccc3c21)Oc1ccccc1C#N. The second-order valence-corrected chi connectivity index (χ2v) is 6.14. The number of pyridine rings is 1. The van der Waals surface area contributed by atoms with Gasteiger partial charge in [0, 0.05) is 5.39 Å². The number of ether oxygens (including phenoxy) is 1. The molecular formula is C20H17N5O. The van der Waals surface area contributed by atoms with Crippen molar-refractivity contribution < 1.29 is 4.74 Å². The number of para-hydroxylation sites is 2. The largest absolute Gasteiger partial charge is 0.487 e. The van der Waals surface area contributed by atoms with Crippen molar-refractivity contribution in [1.29, 1.82) is 5.26 Å². The second-order valence-electron chi connectivity index (χ2n) is 6.14. The van der Waals surface area contributed by atoms with Gasteiger partial charge in [-0.3, -0.25) is 0 Å². The summed E-state index contributed by atoms with van der Waals surface area (Å²) < 4.78 is 8.01. The molecule has 0 bridgehead atoms. The van der Waals surface area contributed by atoms with E-state index in [4.69, 9.17) is 10.5 Å². The molecule has 0 spiro atoms. The number of fused-ring (bicyclic) bond motifs is 3. The van der Waals surface area contributed by atoms with E-state index in [2.05, 4.69) is 16.0 Å². The van der Waals surface area contributed by atoms with Gasteiger partial charge in [-0.05, 0) is 25.1 Å². The molecule has 4 aromatic rings. The highest BCUT2D eigenvalue weighted by Gasteiger charge is 2.15. The molecule has 0 fully saturated rings. The van der Waals surface area contributed by atoms with E-state index < -0.39 is 0 Å². The van der Waals surface area contributed by atoms with Gasteiger partial charge in [0.15, 0.2) is 5.82 Å². The molecule has 6 nitrogen and oxygen atoms in total. The molecule has 4 rings (SSSR count). The van der Waals surface area contributed by atoms with Crippen LogP contribution in [0.2, 0.25) is 0 Å². The van der Waals surface area contributed by atoms with Crippen molar-refractivity contribution in [2.75, 3.05) is 5.73 Å². The summed E-state index contributed by atoms with van der Waals surface area (Å²) in [6, 6.07) is 17.2. The van der Waals surface area contributed by atoms with E-state index in [9.17, 15) is 5.26 Å². The normalized spacial score (nSPS) is 12.2. The van der Waals surface area contributed by atoms with Crippen molar-refractivity contribution in [3.63, 3.8) is 0 Å². The molecule has 2 N–H and O–H groups in total. The van der Waals surface area contributed by atoms with E-state index >= 15 is 0 Å². The van der Waals surface area contributed by atoms with Crippen LogP contribution in [0.5, 0.6) is 5.75 Å². The first kappa shape index (κ1) is 15.9. The van der Waals surface area contributed by atoms with Crippen LogP contribution in [-0.2, 0) is 6.54 Å². The Hall–Kier alpha value is -3.59. The fourth-order valence-corrected chi connectivity index (χ4v) is 3.14. The number of rotatable bonds is 4. The molecule has 0 radical (unpaired) electrons. The third kappa shape index (κ3) is 2.70. The number of nitrogens with two attached hydrogens (primary N) is 1. The predicted molar refractivity (Wildman–Crippen MR) is 101 cm³/mol. The number of hydrogen-bond acceptors (Lipinski definition) is 5. The summed E-state index contributed by atoms with van der Waals surface area (Å²) in [5.74, 6) is 0.999. The lowest BCUT2D eigenvalue weighted by molar-refractivity contribution is 0.200. The summed E-state index contributed by atoms with van der Waals surface area (Å²) >= 11 is 0. The summed E-state index contributed by atoms with van der Waals surface area (Å²) in [7, 11) is 0. The zero-order chi connectivity index (χ0) is 18.1. The number of anilines is 1. The maximum Gasteiger partial charge on any atom is 0.152 e. The van der Waals surface area contributed by atoms with Gasteiger partial charge in [0.05, 0.1) is 29.5 Å². The zero-order valence-corrected chi connectivity index (χ0v) is 14.3. The number of aromatic nitrogens is 3. The third-order valence-corrected chi connectivity index (χ3v) is 4.27. The monoisotopic (exact) mass is 343 g/mol. The van der Waals surface area contributed by atoms with Crippen LogP contribution in [0, 0.1) is 11.3 Å². The van der Waals surface area contributed by atoms with E-state index in [-0.39, 0.29) is 6.10 Å². The molecule has 0 saturated heterocycles. The molecule has 6 heteroatoms. The van der Waals surface area contributed by atoms with Gasteiger partial charge in [0.25, 0.3) is 0 Å². The van der Waals surface area contributed by atoms with Gasteiger partial charge in [-0.1, -0.05) is 30.3 Å². The van der Waals surface area contributed by atoms with Crippen molar-refractivity contribution in [3.05, 3.63) is 60.4 Å². The molecule has 0 aliphatic heterocycles. The zero-order valence-electron chi connectivity index (χ0n) is 14.3. The summed E-state index contributed by atoms with van der Waals surface area (Å²) in [5, 5.41) is 10.2. The maximum absolute atomic E-state index is 9.21. The summed E-state index contributed by atoms with van der Waals surface area (Å²) in [6.45, 7) is 2.54. The minimum Gasteiger partial charge on any atom is -0.487 e. The number of hydrogen-bond donors (Lipinski definition) is 1. The van der Waals surface area contributed by atoms with E-state index in [1.807, 2.05) is 47.9 Å². The first-order valence-corrected chi connectivity index (χ1v) is 8.32. The second kappa shape index (κ2) is 6.37. The van der Waals surface area contributed by atoms with Gasteiger partial charge in [-0.15, -0.1) is 0 Å². The van der Waals surface area contributed by atoms with Crippen molar-refractivity contribution in [1.82, 2.24) is 14.5 Å². The van der Waals surface area contributed by atoms with Crippen molar-refractivity contribution in [2.45, 2.75) is 19.6 Å².